The maximum Gasteiger partial charge on any atom is 0.0681 e. The molecule has 0 radical (unpaired) electrons. The molecule has 0 aromatic heterocycles. The Balaban J connectivity index is 1.82. The number of hydrogen-bond donors (Lipinski definition) is 1. The largest absolute Gasteiger partial charge is 0.392 e. The van der Waals surface area contributed by atoms with E-state index in [0.29, 0.717) is 0 Å². The molecule has 16 heavy (non-hydrogen) atoms. The molecule has 0 spiro atoms. The first-order valence-corrected chi connectivity index (χ1v) is 6.15. The highest BCUT2D eigenvalue weighted by molar-refractivity contribution is 5.21. The number of nitrogens with zero attached hydrogens (tertiary/aromatic N) is 1. The lowest BCUT2D eigenvalue weighted by Gasteiger charge is -2.30. The summed E-state index contributed by atoms with van der Waals surface area (Å²) in [7, 11) is 2.19. The maximum atomic E-state index is 8.96. The Kier molecular flexibility index (Phi) is 3.97. The molecule has 1 aromatic carbocycles. The van der Waals surface area contributed by atoms with Crippen LogP contribution in [0.15, 0.2) is 24.3 Å². The molecule has 0 heterocycles. The first-order valence-electron chi connectivity index (χ1n) is 6.15. The molecule has 1 saturated carbocycles. The standard InChI is InChI=1S/C14H21NO/c1-15(9-12-3-2-4-12)10-13-5-7-14(11-16)8-6-13/h5-8,12,16H,2-4,9-11H2,1H3. The first kappa shape index (κ1) is 11.6. The van der Waals surface area contributed by atoms with E-state index in [1.165, 1.54) is 31.4 Å². The third-order valence-electron chi connectivity index (χ3n) is 3.45. The summed E-state index contributed by atoms with van der Waals surface area (Å²) < 4.78 is 0. The van der Waals surface area contributed by atoms with Gasteiger partial charge in [0.05, 0.1) is 6.61 Å². The topological polar surface area (TPSA) is 23.5 Å². The van der Waals surface area contributed by atoms with Gasteiger partial charge in [-0.05, 0) is 36.9 Å². The van der Waals surface area contributed by atoms with Crippen LogP contribution in [0.3, 0.4) is 0 Å². The monoisotopic (exact) mass is 219 g/mol. The first-order chi connectivity index (χ1) is 7.78. The van der Waals surface area contributed by atoms with E-state index in [2.05, 4.69) is 24.1 Å². The Morgan fingerprint density at radius 3 is 2.31 bits per heavy atom. The summed E-state index contributed by atoms with van der Waals surface area (Å²) in [5.41, 5.74) is 2.32. The predicted molar refractivity (Wildman–Crippen MR) is 66.0 cm³/mol. The average Bonchev–Trinajstić information content (AvgIpc) is 2.25. The van der Waals surface area contributed by atoms with Crippen molar-refractivity contribution in [1.82, 2.24) is 4.90 Å². The smallest absolute Gasteiger partial charge is 0.0681 e. The molecular formula is C14H21NO. The molecule has 0 amide bonds. The molecule has 1 aromatic rings. The lowest BCUT2D eigenvalue weighted by Crippen LogP contribution is -2.29. The van der Waals surface area contributed by atoms with Gasteiger partial charge in [-0.15, -0.1) is 0 Å². The lowest BCUT2D eigenvalue weighted by molar-refractivity contribution is 0.200. The van der Waals surface area contributed by atoms with Crippen molar-refractivity contribution >= 4 is 0 Å². The summed E-state index contributed by atoms with van der Waals surface area (Å²) in [5, 5.41) is 8.96. The molecule has 0 saturated heterocycles. The SMILES string of the molecule is CN(Cc1ccc(CO)cc1)CC1CCC1. The molecule has 2 rings (SSSR count). The van der Waals surface area contributed by atoms with Crippen molar-refractivity contribution in [3.8, 4) is 0 Å². The van der Waals surface area contributed by atoms with Gasteiger partial charge >= 0.3 is 0 Å². The molecule has 1 fully saturated rings. The van der Waals surface area contributed by atoms with Gasteiger partial charge in [0.2, 0.25) is 0 Å². The second-order valence-electron chi connectivity index (χ2n) is 4.97. The van der Waals surface area contributed by atoms with Crippen LogP contribution in [0.25, 0.3) is 0 Å². The van der Waals surface area contributed by atoms with E-state index in [9.17, 15) is 0 Å². The minimum Gasteiger partial charge on any atom is -0.392 e. The van der Waals surface area contributed by atoms with Gasteiger partial charge in [0.15, 0.2) is 0 Å². The normalized spacial score (nSPS) is 16.4. The van der Waals surface area contributed by atoms with Gasteiger partial charge in [-0.2, -0.15) is 0 Å². The summed E-state index contributed by atoms with van der Waals surface area (Å²) in [6, 6.07) is 8.24. The highest BCUT2D eigenvalue weighted by Crippen LogP contribution is 2.27. The Morgan fingerprint density at radius 2 is 1.81 bits per heavy atom. The summed E-state index contributed by atoms with van der Waals surface area (Å²) in [4.78, 5) is 2.40. The highest BCUT2D eigenvalue weighted by Gasteiger charge is 2.18. The fraction of sp³-hybridized carbons (Fsp3) is 0.571. The number of aliphatic hydroxyl groups is 1. The van der Waals surface area contributed by atoms with E-state index in [0.717, 1.165) is 18.0 Å². The van der Waals surface area contributed by atoms with Crippen molar-refractivity contribution in [2.45, 2.75) is 32.4 Å². The van der Waals surface area contributed by atoms with E-state index in [1.807, 2.05) is 12.1 Å². The summed E-state index contributed by atoms with van der Waals surface area (Å²) >= 11 is 0. The zero-order chi connectivity index (χ0) is 11.4. The van der Waals surface area contributed by atoms with Gasteiger partial charge < -0.3 is 10.0 Å². The maximum absolute atomic E-state index is 8.96. The molecule has 0 bridgehead atoms. The van der Waals surface area contributed by atoms with E-state index in [4.69, 9.17) is 5.11 Å². The molecule has 0 atom stereocenters. The predicted octanol–water partition coefficient (Wildman–Crippen LogP) is 2.41. The van der Waals surface area contributed by atoms with Crippen molar-refractivity contribution in [1.29, 1.82) is 0 Å². The minimum atomic E-state index is 0.137. The third-order valence-corrected chi connectivity index (χ3v) is 3.45. The molecule has 0 aliphatic heterocycles. The van der Waals surface area contributed by atoms with E-state index < -0.39 is 0 Å². The molecule has 2 nitrogen and oxygen atoms in total. The second kappa shape index (κ2) is 5.46. The second-order valence-corrected chi connectivity index (χ2v) is 4.97. The average molecular weight is 219 g/mol. The van der Waals surface area contributed by atoms with Crippen LogP contribution in [0.2, 0.25) is 0 Å². The molecule has 0 unspecified atom stereocenters. The number of rotatable bonds is 5. The fourth-order valence-electron chi connectivity index (χ4n) is 2.24. The molecule has 1 N–H and O–H groups in total. The minimum absolute atomic E-state index is 0.137. The van der Waals surface area contributed by atoms with Crippen LogP contribution in [0.5, 0.6) is 0 Å². The Morgan fingerprint density at radius 1 is 1.19 bits per heavy atom. The van der Waals surface area contributed by atoms with Gasteiger partial charge in [0.1, 0.15) is 0 Å². The molecule has 88 valence electrons. The van der Waals surface area contributed by atoms with Crippen molar-refractivity contribution in [2.24, 2.45) is 5.92 Å². The van der Waals surface area contributed by atoms with Crippen LogP contribution in [0, 0.1) is 5.92 Å². The van der Waals surface area contributed by atoms with E-state index >= 15 is 0 Å². The fourth-order valence-corrected chi connectivity index (χ4v) is 2.24. The zero-order valence-electron chi connectivity index (χ0n) is 10.0. The Bertz CT molecular complexity index is 316. The third kappa shape index (κ3) is 3.06. The zero-order valence-corrected chi connectivity index (χ0v) is 10.0. The van der Waals surface area contributed by atoms with Gasteiger partial charge in [0.25, 0.3) is 0 Å². The molecule has 1 aliphatic carbocycles. The summed E-state index contributed by atoms with van der Waals surface area (Å²) in [6.07, 6.45) is 4.24. The van der Waals surface area contributed by atoms with Crippen molar-refractivity contribution in [3.05, 3.63) is 35.4 Å². The Hall–Kier alpha value is -0.860. The van der Waals surface area contributed by atoms with Crippen LogP contribution in [0.4, 0.5) is 0 Å². The Labute approximate surface area is 97.9 Å². The lowest BCUT2D eigenvalue weighted by atomic mass is 9.85. The number of benzene rings is 1. The molecule has 2 heteroatoms. The van der Waals surface area contributed by atoms with Crippen LogP contribution < -0.4 is 0 Å². The van der Waals surface area contributed by atoms with Crippen LogP contribution >= 0.6 is 0 Å². The van der Waals surface area contributed by atoms with Crippen molar-refractivity contribution in [3.63, 3.8) is 0 Å². The van der Waals surface area contributed by atoms with E-state index in [1.54, 1.807) is 0 Å². The van der Waals surface area contributed by atoms with Gasteiger partial charge in [-0.3, -0.25) is 0 Å². The van der Waals surface area contributed by atoms with Crippen LogP contribution in [-0.2, 0) is 13.2 Å². The summed E-state index contributed by atoms with van der Waals surface area (Å²) in [6.45, 7) is 2.38. The van der Waals surface area contributed by atoms with Crippen molar-refractivity contribution in [2.75, 3.05) is 13.6 Å². The quantitative estimate of drug-likeness (QED) is 0.822. The van der Waals surface area contributed by atoms with Gasteiger partial charge in [0, 0.05) is 13.1 Å². The van der Waals surface area contributed by atoms with Crippen LogP contribution in [0.1, 0.15) is 30.4 Å². The van der Waals surface area contributed by atoms with Crippen molar-refractivity contribution < 1.29 is 5.11 Å². The van der Waals surface area contributed by atoms with Crippen LogP contribution in [-0.4, -0.2) is 23.6 Å². The highest BCUT2D eigenvalue weighted by atomic mass is 16.3. The van der Waals surface area contributed by atoms with E-state index in [-0.39, 0.29) is 6.61 Å². The molecular weight excluding hydrogens is 198 g/mol. The number of hydrogen-bond acceptors (Lipinski definition) is 2. The van der Waals surface area contributed by atoms with Gasteiger partial charge in [-0.1, -0.05) is 30.7 Å². The number of aliphatic hydroxyl groups excluding tert-OH is 1. The molecule has 1 aliphatic rings. The summed E-state index contributed by atoms with van der Waals surface area (Å²) in [5.74, 6) is 0.932. The van der Waals surface area contributed by atoms with Gasteiger partial charge in [-0.25, -0.2) is 0 Å².